The zero-order valence-corrected chi connectivity index (χ0v) is 19.5. The van der Waals surface area contributed by atoms with Crippen molar-refractivity contribution in [3.63, 3.8) is 0 Å². The van der Waals surface area contributed by atoms with Crippen LogP contribution in [0.1, 0.15) is 22.3 Å². The smallest absolute Gasteiger partial charge is 0.315 e. The van der Waals surface area contributed by atoms with Crippen LogP contribution in [0.4, 0.5) is 4.79 Å². The average molecular weight is 455 g/mol. The molecule has 2 aliphatic heterocycles. The molecule has 0 aromatic heterocycles. The zero-order valence-electron chi connectivity index (χ0n) is 19.5. The second kappa shape index (κ2) is 9.41. The summed E-state index contributed by atoms with van der Waals surface area (Å²) in [6, 6.07) is 27.3. The van der Waals surface area contributed by atoms with Crippen molar-refractivity contribution in [1.29, 1.82) is 0 Å². The monoisotopic (exact) mass is 454 g/mol. The molecule has 6 nitrogen and oxygen atoms in total. The summed E-state index contributed by atoms with van der Waals surface area (Å²) in [5.41, 5.74) is 2.93. The second-order valence-electron chi connectivity index (χ2n) is 9.17. The largest absolute Gasteiger partial charge is 0.326 e. The number of amides is 3. The van der Waals surface area contributed by atoms with Gasteiger partial charge in [-0.25, -0.2) is 9.69 Å². The third kappa shape index (κ3) is 4.22. The number of aryl methyl sites for hydroxylation is 1. The van der Waals surface area contributed by atoms with Gasteiger partial charge in [0.05, 0.1) is 6.67 Å². The molecule has 0 radical (unpaired) electrons. The van der Waals surface area contributed by atoms with E-state index >= 15 is 0 Å². The maximum Gasteiger partial charge on any atom is 0.326 e. The molecule has 2 aliphatic rings. The van der Waals surface area contributed by atoms with Gasteiger partial charge in [-0.15, -0.1) is 0 Å². The predicted octanol–water partition coefficient (Wildman–Crippen LogP) is 3.57. The summed E-state index contributed by atoms with van der Waals surface area (Å²) in [6.07, 6.45) is 0. The van der Waals surface area contributed by atoms with Crippen LogP contribution in [0.3, 0.4) is 0 Å². The fourth-order valence-corrected chi connectivity index (χ4v) is 5.00. The van der Waals surface area contributed by atoms with Crippen LogP contribution in [0.2, 0.25) is 0 Å². The molecular formula is C28H30N4O2. The summed E-state index contributed by atoms with van der Waals surface area (Å²) in [5.74, 6) is -0.225. The topological polar surface area (TPSA) is 55.9 Å². The second-order valence-corrected chi connectivity index (χ2v) is 9.17. The Morgan fingerprint density at radius 2 is 1.35 bits per heavy atom. The fourth-order valence-electron chi connectivity index (χ4n) is 5.00. The molecular weight excluding hydrogens is 424 g/mol. The van der Waals surface area contributed by atoms with E-state index in [4.69, 9.17) is 0 Å². The van der Waals surface area contributed by atoms with E-state index in [1.165, 1.54) is 16.0 Å². The lowest BCUT2D eigenvalue weighted by Crippen LogP contribution is -2.51. The number of hydrogen-bond donors (Lipinski definition) is 1. The van der Waals surface area contributed by atoms with E-state index in [1.807, 2.05) is 60.7 Å². The first-order valence-electron chi connectivity index (χ1n) is 11.8. The van der Waals surface area contributed by atoms with E-state index < -0.39 is 5.54 Å². The van der Waals surface area contributed by atoms with E-state index in [1.54, 1.807) is 0 Å². The minimum atomic E-state index is -1.20. The third-order valence-electron chi connectivity index (χ3n) is 6.81. The van der Waals surface area contributed by atoms with E-state index in [-0.39, 0.29) is 11.9 Å². The van der Waals surface area contributed by atoms with E-state index in [0.717, 1.165) is 43.9 Å². The molecule has 0 saturated carbocycles. The van der Waals surface area contributed by atoms with Gasteiger partial charge in [0.2, 0.25) is 0 Å². The van der Waals surface area contributed by atoms with Crippen LogP contribution >= 0.6 is 0 Å². The molecule has 1 N–H and O–H groups in total. The van der Waals surface area contributed by atoms with Crippen molar-refractivity contribution in [2.75, 3.05) is 32.8 Å². The summed E-state index contributed by atoms with van der Waals surface area (Å²) in [5, 5.41) is 3.04. The molecule has 0 bridgehead atoms. The van der Waals surface area contributed by atoms with Gasteiger partial charge in [0.1, 0.15) is 0 Å². The number of carbonyl (C=O) groups is 2. The molecule has 0 unspecified atom stereocenters. The number of rotatable bonds is 6. The first-order valence-corrected chi connectivity index (χ1v) is 11.8. The molecule has 3 aromatic carbocycles. The number of carbonyl (C=O) groups excluding carboxylic acids is 2. The number of nitrogens with zero attached hydrogens (tertiary/aromatic N) is 3. The molecule has 2 fully saturated rings. The van der Waals surface area contributed by atoms with Crippen molar-refractivity contribution < 1.29 is 9.59 Å². The summed E-state index contributed by atoms with van der Waals surface area (Å²) >= 11 is 0. The lowest BCUT2D eigenvalue weighted by Gasteiger charge is -2.36. The maximum absolute atomic E-state index is 13.9. The van der Waals surface area contributed by atoms with Crippen molar-refractivity contribution >= 4 is 11.9 Å². The summed E-state index contributed by atoms with van der Waals surface area (Å²) in [4.78, 5) is 33.0. The quantitative estimate of drug-likeness (QED) is 0.579. The van der Waals surface area contributed by atoms with Crippen LogP contribution < -0.4 is 5.32 Å². The highest BCUT2D eigenvalue weighted by Crippen LogP contribution is 2.36. The van der Waals surface area contributed by atoms with Gasteiger partial charge in [0.15, 0.2) is 5.54 Å². The highest BCUT2D eigenvalue weighted by atomic mass is 16.2. The molecule has 2 saturated heterocycles. The maximum atomic E-state index is 13.9. The minimum absolute atomic E-state index is 0.225. The van der Waals surface area contributed by atoms with Gasteiger partial charge in [-0.05, 0) is 23.6 Å². The van der Waals surface area contributed by atoms with Crippen LogP contribution in [0.15, 0.2) is 84.9 Å². The highest BCUT2D eigenvalue weighted by Gasteiger charge is 2.53. The molecule has 0 atom stereocenters. The lowest BCUT2D eigenvalue weighted by molar-refractivity contribution is -0.132. The molecule has 5 rings (SSSR count). The zero-order chi connectivity index (χ0) is 23.5. The Labute approximate surface area is 200 Å². The number of benzene rings is 3. The average Bonchev–Trinajstić information content (AvgIpc) is 3.12. The van der Waals surface area contributed by atoms with Gasteiger partial charge < -0.3 is 5.32 Å². The van der Waals surface area contributed by atoms with Crippen LogP contribution in [0.25, 0.3) is 0 Å². The van der Waals surface area contributed by atoms with Gasteiger partial charge in [0, 0.05) is 32.7 Å². The predicted molar refractivity (Wildman–Crippen MR) is 132 cm³/mol. The van der Waals surface area contributed by atoms with Crippen LogP contribution in [-0.2, 0) is 16.9 Å². The van der Waals surface area contributed by atoms with Gasteiger partial charge in [0.25, 0.3) is 5.91 Å². The number of hydrogen-bond acceptors (Lipinski definition) is 4. The lowest BCUT2D eigenvalue weighted by atomic mass is 9.83. The SMILES string of the molecule is Cc1cccc(CN2CCN(CN3C(=O)NC(c4ccccc4)(c4ccccc4)C3=O)CC2)c1. The van der Waals surface area contributed by atoms with Gasteiger partial charge in [-0.2, -0.15) is 0 Å². The summed E-state index contributed by atoms with van der Waals surface area (Å²) in [6.45, 7) is 6.76. The molecule has 0 spiro atoms. The Bertz CT molecular complexity index is 1120. The molecule has 0 aliphatic carbocycles. The van der Waals surface area contributed by atoms with E-state index in [9.17, 15) is 9.59 Å². The van der Waals surface area contributed by atoms with Gasteiger partial charge in [-0.3, -0.25) is 14.6 Å². The summed E-state index contributed by atoms with van der Waals surface area (Å²) in [7, 11) is 0. The van der Waals surface area contributed by atoms with Crippen LogP contribution in [0.5, 0.6) is 0 Å². The number of piperazine rings is 1. The Kier molecular flexibility index (Phi) is 6.18. The fraction of sp³-hybridized carbons (Fsp3) is 0.286. The highest BCUT2D eigenvalue weighted by molar-refractivity contribution is 6.09. The number of urea groups is 1. The number of nitrogens with one attached hydrogen (secondary N) is 1. The molecule has 34 heavy (non-hydrogen) atoms. The third-order valence-corrected chi connectivity index (χ3v) is 6.81. The van der Waals surface area contributed by atoms with Crippen molar-refractivity contribution in [2.45, 2.75) is 19.0 Å². The normalized spacial score (nSPS) is 18.8. The van der Waals surface area contributed by atoms with Gasteiger partial charge in [-0.1, -0.05) is 90.5 Å². The first-order chi connectivity index (χ1) is 16.6. The van der Waals surface area contributed by atoms with Gasteiger partial charge >= 0.3 is 6.03 Å². The van der Waals surface area contributed by atoms with Crippen molar-refractivity contribution in [3.8, 4) is 0 Å². The Morgan fingerprint density at radius 1 is 0.765 bits per heavy atom. The van der Waals surface area contributed by atoms with E-state index in [2.05, 4.69) is 46.3 Å². The summed E-state index contributed by atoms with van der Waals surface area (Å²) < 4.78 is 0. The number of imide groups is 1. The van der Waals surface area contributed by atoms with Crippen molar-refractivity contribution in [2.24, 2.45) is 0 Å². The first kappa shape index (κ1) is 22.3. The van der Waals surface area contributed by atoms with Crippen molar-refractivity contribution in [1.82, 2.24) is 20.0 Å². The molecule has 3 amide bonds. The Balaban J connectivity index is 1.30. The van der Waals surface area contributed by atoms with Crippen molar-refractivity contribution in [3.05, 3.63) is 107 Å². The van der Waals surface area contributed by atoms with Crippen LogP contribution in [0, 0.1) is 6.92 Å². The standard InChI is InChI=1S/C28H30N4O2/c1-22-9-8-10-23(19-22)20-30-15-17-31(18-16-30)21-32-26(33)28(29-27(32)34,24-11-4-2-5-12-24)25-13-6-3-7-14-25/h2-14,19H,15-18,20-21H2,1H3,(H,29,34). The molecule has 174 valence electrons. The minimum Gasteiger partial charge on any atom is -0.315 e. The van der Waals surface area contributed by atoms with E-state index in [0.29, 0.717) is 6.67 Å². The Morgan fingerprint density at radius 3 is 1.94 bits per heavy atom. The molecule has 3 aromatic rings. The van der Waals surface area contributed by atoms with Crippen LogP contribution in [-0.4, -0.2) is 59.5 Å². The molecule has 6 heteroatoms. The molecule has 2 heterocycles. The Hall–Kier alpha value is -3.48.